The molecule has 5 rings (SSSR count). The van der Waals surface area contributed by atoms with Crippen LogP contribution in [0, 0.1) is 0 Å². The maximum absolute atomic E-state index is 13.4. The van der Waals surface area contributed by atoms with Gasteiger partial charge in [-0.15, -0.1) is 0 Å². The Balaban J connectivity index is 1.53. The van der Waals surface area contributed by atoms with Gasteiger partial charge in [-0.3, -0.25) is 14.5 Å². The zero-order valence-electron chi connectivity index (χ0n) is 17.1. The highest BCUT2D eigenvalue weighted by Gasteiger charge is 2.36. The average molecular weight is 473 g/mol. The van der Waals surface area contributed by atoms with E-state index in [1.807, 2.05) is 13.0 Å². The van der Waals surface area contributed by atoms with E-state index in [2.05, 4.69) is 20.1 Å². The summed E-state index contributed by atoms with van der Waals surface area (Å²) in [4.78, 5) is 26.6. The van der Waals surface area contributed by atoms with Gasteiger partial charge in [-0.25, -0.2) is 4.98 Å². The summed E-state index contributed by atoms with van der Waals surface area (Å²) in [5.41, 5.74) is 1.44. The van der Waals surface area contributed by atoms with E-state index in [0.29, 0.717) is 22.8 Å². The number of aromatic amines is 1. The van der Waals surface area contributed by atoms with E-state index >= 15 is 0 Å². The van der Waals surface area contributed by atoms with Gasteiger partial charge >= 0.3 is 6.18 Å². The van der Waals surface area contributed by atoms with Crippen LogP contribution in [-0.2, 0) is 6.18 Å². The highest BCUT2D eigenvalue weighted by Crippen LogP contribution is 2.38. The van der Waals surface area contributed by atoms with Crippen molar-refractivity contribution >= 4 is 23.2 Å². The van der Waals surface area contributed by atoms with Crippen molar-refractivity contribution in [2.24, 2.45) is 0 Å². The van der Waals surface area contributed by atoms with Crippen LogP contribution in [0.2, 0.25) is 5.02 Å². The number of anilines is 1. The van der Waals surface area contributed by atoms with Crippen molar-refractivity contribution in [3.8, 4) is 22.6 Å². The lowest BCUT2D eigenvalue weighted by Gasteiger charge is -2.32. The minimum absolute atomic E-state index is 0.218. The number of halogens is 4. The number of carbonyl (C=O) groups excluding carboxylic acids is 1. The Morgan fingerprint density at radius 3 is 2.73 bits per heavy atom. The van der Waals surface area contributed by atoms with Crippen LogP contribution in [0.25, 0.3) is 22.6 Å². The molecule has 33 heavy (non-hydrogen) atoms. The maximum Gasteiger partial charge on any atom is 0.417 e. The highest BCUT2D eigenvalue weighted by atomic mass is 35.5. The number of nitrogens with one attached hydrogen (secondary N) is 1. The van der Waals surface area contributed by atoms with Gasteiger partial charge in [-0.05, 0) is 37.3 Å². The lowest BCUT2D eigenvalue weighted by molar-refractivity contribution is -0.137. The van der Waals surface area contributed by atoms with Crippen LogP contribution in [-0.4, -0.2) is 37.2 Å². The molecule has 168 valence electrons. The quantitative estimate of drug-likeness (QED) is 0.443. The topological polar surface area (TPSA) is 79.7 Å². The normalized spacial score (nSPS) is 16.2. The molecule has 4 aromatic rings. The number of hydrogen-bond donors (Lipinski definition) is 1. The van der Waals surface area contributed by atoms with Crippen molar-refractivity contribution in [1.29, 1.82) is 0 Å². The number of benzene rings is 1. The molecule has 7 nitrogen and oxygen atoms in total. The second-order valence-corrected chi connectivity index (χ2v) is 8.06. The largest absolute Gasteiger partial charge is 0.417 e. The number of H-pyrrole nitrogens is 1. The first-order valence-electron chi connectivity index (χ1n) is 9.96. The van der Waals surface area contributed by atoms with Crippen LogP contribution < -0.4 is 4.90 Å². The van der Waals surface area contributed by atoms with Crippen LogP contribution in [0.1, 0.15) is 29.0 Å². The molecule has 1 aromatic carbocycles. The molecule has 0 fully saturated rings. The molecule has 4 heterocycles. The molecule has 1 amide bonds. The number of pyridine rings is 1. The Labute approximate surface area is 190 Å². The number of nitrogens with zero attached hydrogens (tertiary/aromatic N) is 5. The minimum atomic E-state index is -4.58. The van der Waals surface area contributed by atoms with Crippen LogP contribution in [0.3, 0.4) is 0 Å². The molecule has 0 saturated carbocycles. The summed E-state index contributed by atoms with van der Waals surface area (Å²) in [5.74, 6) is 0.183. The molecule has 0 unspecified atom stereocenters. The Kier molecular flexibility index (Phi) is 4.97. The van der Waals surface area contributed by atoms with E-state index in [-0.39, 0.29) is 18.3 Å². The Morgan fingerprint density at radius 1 is 1.21 bits per heavy atom. The summed E-state index contributed by atoms with van der Waals surface area (Å²) < 4.78 is 40.9. The summed E-state index contributed by atoms with van der Waals surface area (Å²) in [6.07, 6.45) is 1.98. The standard InChI is InChI=1S/C22H16ClF3N6O/c1-12-11-31(14-4-5-16(17(23)7-14)22(24,25)26)21(33)19-15(9-29-32(12)19)18-10-28-20(30-18)13-3-2-6-27-8-13/h2-10,12H,11H2,1H3,(H,28,30)/t12-/m0/s1. The van der Waals surface area contributed by atoms with Gasteiger partial charge in [0, 0.05) is 36.4 Å². The lowest BCUT2D eigenvalue weighted by Crippen LogP contribution is -2.42. The van der Waals surface area contributed by atoms with Crippen LogP contribution in [0.4, 0.5) is 18.9 Å². The fourth-order valence-electron chi connectivity index (χ4n) is 3.88. The molecule has 11 heteroatoms. The van der Waals surface area contributed by atoms with E-state index in [1.54, 1.807) is 35.5 Å². The highest BCUT2D eigenvalue weighted by molar-refractivity contribution is 6.31. The van der Waals surface area contributed by atoms with Gasteiger partial charge in [0.1, 0.15) is 11.5 Å². The van der Waals surface area contributed by atoms with Gasteiger partial charge in [-0.2, -0.15) is 18.3 Å². The molecule has 1 atom stereocenters. The summed E-state index contributed by atoms with van der Waals surface area (Å²) in [7, 11) is 0. The second-order valence-electron chi connectivity index (χ2n) is 7.65. The summed E-state index contributed by atoms with van der Waals surface area (Å²) in [6.45, 7) is 2.10. The fraction of sp³-hybridized carbons (Fsp3) is 0.182. The smallest absolute Gasteiger partial charge is 0.344 e. The molecule has 0 radical (unpaired) electrons. The van der Waals surface area contributed by atoms with Crippen molar-refractivity contribution in [3.63, 3.8) is 0 Å². The molecule has 3 aromatic heterocycles. The number of fused-ring (bicyclic) bond motifs is 1. The molecule has 1 aliphatic rings. The average Bonchev–Trinajstić information content (AvgIpc) is 3.43. The molecule has 0 spiro atoms. The molecule has 0 bridgehead atoms. The molecule has 1 N–H and O–H groups in total. The Hall–Kier alpha value is -3.66. The minimum Gasteiger partial charge on any atom is -0.344 e. The van der Waals surface area contributed by atoms with Gasteiger partial charge in [0.25, 0.3) is 5.91 Å². The molecule has 0 aliphatic carbocycles. The van der Waals surface area contributed by atoms with Crippen molar-refractivity contribution in [2.45, 2.75) is 19.1 Å². The lowest BCUT2D eigenvalue weighted by atomic mass is 10.1. The van der Waals surface area contributed by atoms with Crippen molar-refractivity contribution < 1.29 is 18.0 Å². The molecule has 1 aliphatic heterocycles. The summed E-state index contributed by atoms with van der Waals surface area (Å²) in [6, 6.07) is 6.72. The SMILES string of the molecule is C[C@H]1CN(c2ccc(C(F)(F)F)c(Cl)c2)C(=O)c2c(-c3c[nH]c(-c4cccnc4)n3)cnn21. The zero-order valence-corrected chi connectivity index (χ0v) is 17.9. The van der Waals surface area contributed by atoms with E-state index in [9.17, 15) is 18.0 Å². The van der Waals surface area contributed by atoms with Crippen LogP contribution >= 0.6 is 11.6 Å². The van der Waals surface area contributed by atoms with Crippen molar-refractivity contribution in [2.75, 3.05) is 11.4 Å². The van der Waals surface area contributed by atoms with Gasteiger partial charge in [0.2, 0.25) is 0 Å². The van der Waals surface area contributed by atoms with E-state index in [0.717, 1.165) is 17.7 Å². The zero-order chi connectivity index (χ0) is 23.3. The second kappa shape index (κ2) is 7.73. The number of amides is 1. The van der Waals surface area contributed by atoms with E-state index in [1.165, 1.54) is 11.0 Å². The summed E-state index contributed by atoms with van der Waals surface area (Å²) >= 11 is 5.89. The number of hydrogen-bond acceptors (Lipinski definition) is 4. The monoisotopic (exact) mass is 472 g/mol. The van der Waals surface area contributed by atoms with Gasteiger partial charge in [0.15, 0.2) is 0 Å². The van der Waals surface area contributed by atoms with E-state index < -0.39 is 22.7 Å². The third-order valence-electron chi connectivity index (χ3n) is 5.47. The molecule has 0 saturated heterocycles. The first kappa shape index (κ1) is 21.2. The Bertz CT molecular complexity index is 1350. The predicted octanol–water partition coefficient (Wildman–Crippen LogP) is 5.23. The number of imidazole rings is 1. The third-order valence-corrected chi connectivity index (χ3v) is 5.78. The van der Waals surface area contributed by atoms with Crippen LogP contribution in [0.5, 0.6) is 0 Å². The first-order chi connectivity index (χ1) is 15.7. The maximum atomic E-state index is 13.4. The number of rotatable bonds is 3. The van der Waals surface area contributed by atoms with Crippen molar-refractivity contribution in [3.05, 3.63) is 71.4 Å². The number of carbonyl (C=O) groups is 1. The Morgan fingerprint density at radius 2 is 2.03 bits per heavy atom. The van der Waals surface area contributed by atoms with Gasteiger partial charge < -0.3 is 9.88 Å². The third kappa shape index (κ3) is 3.66. The first-order valence-corrected chi connectivity index (χ1v) is 10.3. The fourth-order valence-corrected chi connectivity index (χ4v) is 4.17. The molecular weight excluding hydrogens is 457 g/mol. The molecular formula is C22H16ClF3N6O. The van der Waals surface area contributed by atoms with Crippen LogP contribution in [0.15, 0.2) is 55.1 Å². The van der Waals surface area contributed by atoms with E-state index in [4.69, 9.17) is 11.6 Å². The summed E-state index contributed by atoms with van der Waals surface area (Å²) in [5, 5.41) is 3.90. The number of aromatic nitrogens is 5. The number of alkyl halides is 3. The van der Waals surface area contributed by atoms with Gasteiger partial charge in [0.05, 0.1) is 34.1 Å². The van der Waals surface area contributed by atoms with Gasteiger partial charge in [-0.1, -0.05) is 11.6 Å². The predicted molar refractivity (Wildman–Crippen MR) is 116 cm³/mol. The van der Waals surface area contributed by atoms with Crippen molar-refractivity contribution in [1.82, 2.24) is 24.7 Å².